The first-order valence-corrected chi connectivity index (χ1v) is 7.83. The summed E-state index contributed by atoms with van der Waals surface area (Å²) in [5.74, 6) is 0. The number of hydrogen-bond donors (Lipinski definition) is 1. The summed E-state index contributed by atoms with van der Waals surface area (Å²) in [7, 11) is 0. The third-order valence-corrected chi connectivity index (χ3v) is 4.30. The van der Waals surface area contributed by atoms with Gasteiger partial charge in [0.05, 0.1) is 4.92 Å². The molecule has 1 saturated carbocycles. The summed E-state index contributed by atoms with van der Waals surface area (Å²) in [6.45, 7) is 4.13. The van der Waals surface area contributed by atoms with E-state index in [-0.39, 0.29) is 10.6 Å². The maximum atomic E-state index is 10.7. The molecule has 0 aromatic heterocycles. The van der Waals surface area contributed by atoms with E-state index in [1.165, 1.54) is 0 Å². The van der Waals surface area contributed by atoms with Crippen LogP contribution < -0.4 is 5.73 Å². The molecule has 0 atom stereocenters. The number of benzene rings is 1. The Labute approximate surface area is 126 Å². The highest BCUT2D eigenvalue weighted by Gasteiger charge is 2.23. The maximum absolute atomic E-state index is 10.7. The predicted octanol–water partition coefficient (Wildman–Crippen LogP) is 3.08. The standard InChI is InChI=1S/C16H25N3O2/c1-2-11-18(15-9-5-14(17)6-10-15)12-13-3-7-16(8-4-13)19(20)21/h3-4,7-8,14-15H,2,5-6,9-12,17H2,1H3. The highest BCUT2D eigenvalue weighted by atomic mass is 16.6. The van der Waals surface area contributed by atoms with Crippen LogP contribution >= 0.6 is 0 Å². The van der Waals surface area contributed by atoms with Gasteiger partial charge in [0.25, 0.3) is 5.69 Å². The second kappa shape index (κ2) is 7.52. The van der Waals surface area contributed by atoms with E-state index in [4.69, 9.17) is 5.73 Å². The minimum absolute atomic E-state index is 0.157. The van der Waals surface area contributed by atoms with E-state index in [0.29, 0.717) is 12.1 Å². The first-order chi connectivity index (χ1) is 10.1. The highest BCUT2D eigenvalue weighted by molar-refractivity contribution is 5.32. The lowest BCUT2D eigenvalue weighted by Gasteiger charge is -2.36. The number of rotatable bonds is 6. The Morgan fingerprint density at radius 3 is 2.38 bits per heavy atom. The van der Waals surface area contributed by atoms with Gasteiger partial charge in [-0.2, -0.15) is 0 Å². The van der Waals surface area contributed by atoms with Crippen LogP contribution in [0.3, 0.4) is 0 Å². The van der Waals surface area contributed by atoms with Gasteiger partial charge in [0.1, 0.15) is 0 Å². The van der Waals surface area contributed by atoms with Crippen LogP contribution in [0, 0.1) is 10.1 Å². The van der Waals surface area contributed by atoms with Crippen LogP contribution in [0.2, 0.25) is 0 Å². The average Bonchev–Trinajstić information content (AvgIpc) is 2.48. The normalized spacial score (nSPS) is 22.4. The SMILES string of the molecule is CCCN(Cc1ccc([N+](=O)[O-])cc1)C1CCC(N)CC1. The minimum atomic E-state index is -0.351. The summed E-state index contributed by atoms with van der Waals surface area (Å²) in [5, 5.41) is 10.7. The third-order valence-electron chi connectivity index (χ3n) is 4.30. The van der Waals surface area contributed by atoms with E-state index in [1.807, 2.05) is 12.1 Å². The van der Waals surface area contributed by atoms with Crippen LogP contribution in [0.1, 0.15) is 44.6 Å². The Bertz CT molecular complexity index is 453. The summed E-state index contributed by atoms with van der Waals surface area (Å²) in [6, 6.07) is 7.89. The number of nitro groups is 1. The van der Waals surface area contributed by atoms with E-state index in [0.717, 1.165) is 50.8 Å². The molecule has 2 rings (SSSR count). The van der Waals surface area contributed by atoms with Crippen molar-refractivity contribution < 1.29 is 4.92 Å². The quantitative estimate of drug-likeness (QED) is 0.645. The fourth-order valence-corrected chi connectivity index (χ4v) is 3.10. The summed E-state index contributed by atoms with van der Waals surface area (Å²) < 4.78 is 0. The minimum Gasteiger partial charge on any atom is -0.328 e. The summed E-state index contributed by atoms with van der Waals surface area (Å²) >= 11 is 0. The molecule has 0 saturated heterocycles. The zero-order valence-electron chi connectivity index (χ0n) is 12.7. The van der Waals surface area contributed by atoms with E-state index in [2.05, 4.69) is 11.8 Å². The zero-order chi connectivity index (χ0) is 15.2. The summed E-state index contributed by atoms with van der Waals surface area (Å²) in [4.78, 5) is 12.9. The Morgan fingerprint density at radius 1 is 1.24 bits per heavy atom. The van der Waals surface area contributed by atoms with Crippen molar-refractivity contribution in [2.24, 2.45) is 5.73 Å². The number of nitro benzene ring substituents is 1. The smallest absolute Gasteiger partial charge is 0.269 e. The molecule has 0 bridgehead atoms. The molecule has 1 fully saturated rings. The molecule has 0 spiro atoms. The van der Waals surface area contributed by atoms with Crippen molar-refractivity contribution in [1.29, 1.82) is 0 Å². The van der Waals surface area contributed by atoms with Gasteiger partial charge in [0, 0.05) is 30.8 Å². The monoisotopic (exact) mass is 291 g/mol. The number of hydrogen-bond acceptors (Lipinski definition) is 4. The Hall–Kier alpha value is -1.46. The van der Waals surface area contributed by atoms with Crippen LogP contribution in [0.5, 0.6) is 0 Å². The molecule has 5 nitrogen and oxygen atoms in total. The van der Waals surface area contributed by atoms with Crippen molar-refractivity contribution in [3.8, 4) is 0 Å². The lowest BCUT2D eigenvalue weighted by molar-refractivity contribution is -0.384. The van der Waals surface area contributed by atoms with Crippen LogP contribution in [-0.2, 0) is 6.54 Å². The second-order valence-corrected chi connectivity index (χ2v) is 5.96. The molecule has 116 valence electrons. The Balaban J connectivity index is 2.00. The Kier molecular flexibility index (Phi) is 5.70. The molecular formula is C16H25N3O2. The molecule has 1 aliphatic rings. The molecule has 2 N–H and O–H groups in total. The van der Waals surface area contributed by atoms with Crippen molar-refractivity contribution in [1.82, 2.24) is 4.90 Å². The van der Waals surface area contributed by atoms with Gasteiger partial charge >= 0.3 is 0 Å². The van der Waals surface area contributed by atoms with Gasteiger partial charge in [-0.3, -0.25) is 15.0 Å². The molecule has 1 aliphatic carbocycles. The summed E-state index contributed by atoms with van der Waals surface area (Å²) in [6.07, 6.45) is 5.65. The molecule has 0 amide bonds. The van der Waals surface area contributed by atoms with E-state index in [9.17, 15) is 10.1 Å². The molecule has 0 unspecified atom stereocenters. The van der Waals surface area contributed by atoms with Gasteiger partial charge in [0.2, 0.25) is 0 Å². The van der Waals surface area contributed by atoms with Gasteiger partial charge in [-0.15, -0.1) is 0 Å². The van der Waals surface area contributed by atoms with Crippen molar-refractivity contribution >= 4 is 5.69 Å². The van der Waals surface area contributed by atoms with Crippen molar-refractivity contribution in [2.75, 3.05) is 6.54 Å². The largest absolute Gasteiger partial charge is 0.328 e. The fraction of sp³-hybridized carbons (Fsp3) is 0.625. The number of non-ortho nitro benzene ring substituents is 1. The van der Waals surface area contributed by atoms with Crippen molar-refractivity contribution in [3.63, 3.8) is 0 Å². The molecule has 5 heteroatoms. The Morgan fingerprint density at radius 2 is 1.86 bits per heavy atom. The number of nitrogens with two attached hydrogens (primary N) is 1. The second-order valence-electron chi connectivity index (χ2n) is 5.96. The van der Waals surface area contributed by atoms with E-state index < -0.39 is 0 Å². The van der Waals surface area contributed by atoms with Gasteiger partial charge in [-0.05, 0) is 44.2 Å². The van der Waals surface area contributed by atoms with Gasteiger partial charge in [0.15, 0.2) is 0 Å². The molecule has 0 aliphatic heterocycles. The molecular weight excluding hydrogens is 266 g/mol. The predicted molar refractivity (Wildman–Crippen MR) is 84.0 cm³/mol. The average molecular weight is 291 g/mol. The topological polar surface area (TPSA) is 72.4 Å². The van der Waals surface area contributed by atoms with E-state index in [1.54, 1.807) is 12.1 Å². The molecule has 0 radical (unpaired) electrons. The van der Waals surface area contributed by atoms with Crippen molar-refractivity contribution in [2.45, 2.75) is 57.7 Å². The molecule has 0 heterocycles. The van der Waals surface area contributed by atoms with Crippen LogP contribution in [0.15, 0.2) is 24.3 Å². The first-order valence-electron chi connectivity index (χ1n) is 7.83. The highest BCUT2D eigenvalue weighted by Crippen LogP contribution is 2.24. The molecule has 1 aromatic rings. The number of nitrogens with zero attached hydrogens (tertiary/aromatic N) is 2. The molecule has 21 heavy (non-hydrogen) atoms. The fourth-order valence-electron chi connectivity index (χ4n) is 3.10. The summed E-state index contributed by atoms with van der Waals surface area (Å²) in [5.41, 5.74) is 7.29. The van der Waals surface area contributed by atoms with Crippen LogP contribution in [-0.4, -0.2) is 28.5 Å². The van der Waals surface area contributed by atoms with Crippen LogP contribution in [0.25, 0.3) is 0 Å². The molecule has 1 aromatic carbocycles. The first kappa shape index (κ1) is 15.9. The van der Waals surface area contributed by atoms with Gasteiger partial charge in [-0.25, -0.2) is 0 Å². The van der Waals surface area contributed by atoms with Crippen LogP contribution in [0.4, 0.5) is 5.69 Å². The van der Waals surface area contributed by atoms with Gasteiger partial charge in [-0.1, -0.05) is 19.1 Å². The lowest BCUT2D eigenvalue weighted by Crippen LogP contribution is -2.40. The lowest BCUT2D eigenvalue weighted by atomic mass is 9.90. The maximum Gasteiger partial charge on any atom is 0.269 e. The van der Waals surface area contributed by atoms with Crippen molar-refractivity contribution in [3.05, 3.63) is 39.9 Å². The van der Waals surface area contributed by atoms with Gasteiger partial charge < -0.3 is 5.73 Å². The third kappa shape index (κ3) is 4.51. The van der Waals surface area contributed by atoms with E-state index >= 15 is 0 Å². The zero-order valence-corrected chi connectivity index (χ0v) is 12.7.